The number of hydrogen-bond donors (Lipinski definition) is 0. The van der Waals surface area contributed by atoms with E-state index in [4.69, 9.17) is 0 Å². The molecule has 1 saturated carbocycles. The Hall–Kier alpha value is -0.580. The summed E-state index contributed by atoms with van der Waals surface area (Å²) in [6.45, 7) is 17.4. The molecule has 0 aromatic rings. The van der Waals surface area contributed by atoms with E-state index in [1.165, 1.54) is 97.3 Å². The van der Waals surface area contributed by atoms with Crippen LogP contribution in [-0.2, 0) is 0 Å². The fourth-order valence-electron chi connectivity index (χ4n) is 6.24. The molecule has 0 N–H and O–H groups in total. The molecule has 2 aliphatic carbocycles. The van der Waals surface area contributed by atoms with Crippen molar-refractivity contribution >= 4 is 0 Å². The largest absolute Gasteiger partial charge is 0.373 e. The molecule has 4 aliphatic rings. The molecule has 3 unspecified atom stereocenters. The van der Waals surface area contributed by atoms with Crippen LogP contribution >= 0.6 is 0 Å². The van der Waals surface area contributed by atoms with Crippen LogP contribution in [0, 0.1) is 5.92 Å². The van der Waals surface area contributed by atoms with Crippen molar-refractivity contribution in [1.82, 2.24) is 19.6 Å². The Morgan fingerprint density at radius 2 is 1.61 bits per heavy atom. The van der Waals surface area contributed by atoms with E-state index in [-0.39, 0.29) is 0 Å². The summed E-state index contributed by atoms with van der Waals surface area (Å²) in [6, 6.07) is 2.35. The number of allylic oxidation sites excluding steroid dienone is 2. The lowest BCUT2D eigenvalue weighted by Crippen LogP contribution is -2.51. The van der Waals surface area contributed by atoms with Gasteiger partial charge in [0.1, 0.15) is 0 Å². The van der Waals surface area contributed by atoms with Gasteiger partial charge in [-0.25, -0.2) is 0 Å². The summed E-state index contributed by atoms with van der Waals surface area (Å²) in [5.41, 5.74) is 1.64. The Morgan fingerprint density at radius 1 is 0.893 bits per heavy atom. The first kappa shape index (κ1) is 20.7. The minimum atomic E-state index is 0.713. The first-order chi connectivity index (χ1) is 13.6. The van der Waals surface area contributed by atoms with E-state index in [2.05, 4.69) is 46.4 Å². The highest BCUT2D eigenvalue weighted by Gasteiger charge is 2.33. The van der Waals surface area contributed by atoms with Gasteiger partial charge < -0.3 is 4.90 Å². The molecule has 2 aliphatic heterocycles. The predicted octanol–water partition coefficient (Wildman–Crippen LogP) is 3.65. The smallest absolute Gasteiger partial charge is 0.0303 e. The molecular formula is C24H44N4. The van der Waals surface area contributed by atoms with Crippen LogP contribution in [0.2, 0.25) is 0 Å². The minimum Gasteiger partial charge on any atom is -0.373 e. The third-order valence-electron chi connectivity index (χ3n) is 8.14. The van der Waals surface area contributed by atoms with Crippen LogP contribution in [0.5, 0.6) is 0 Å². The van der Waals surface area contributed by atoms with Crippen LogP contribution in [0.3, 0.4) is 0 Å². The first-order valence-corrected chi connectivity index (χ1v) is 12.3. The van der Waals surface area contributed by atoms with Crippen molar-refractivity contribution in [3.05, 3.63) is 11.8 Å². The van der Waals surface area contributed by atoms with E-state index in [1.807, 2.05) is 0 Å². The van der Waals surface area contributed by atoms with E-state index < -0.39 is 0 Å². The molecule has 0 amide bonds. The molecule has 0 radical (unpaired) electrons. The first-order valence-electron chi connectivity index (χ1n) is 12.3. The lowest BCUT2D eigenvalue weighted by atomic mass is 9.97. The molecule has 0 aromatic carbocycles. The average Bonchev–Trinajstić information content (AvgIpc) is 3.40. The highest BCUT2D eigenvalue weighted by molar-refractivity contribution is 5.07. The van der Waals surface area contributed by atoms with E-state index in [0.717, 1.165) is 18.0 Å². The number of piperazine rings is 2. The molecule has 2 saturated heterocycles. The molecule has 0 spiro atoms. The van der Waals surface area contributed by atoms with Gasteiger partial charge in [-0.3, -0.25) is 14.7 Å². The third-order valence-corrected chi connectivity index (χ3v) is 8.14. The van der Waals surface area contributed by atoms with Crippen molar-refractivity contribution in [3.63, 3.8) is 0 Å². The van der Waals surface area contributed by atoms with E-state index in [9.17, 15) is 0 Å². The van der Waals surface area contributed by atoms with Gasteiger partial charge in [-0.1, -0.05) is 6.08 Å². The third kappa shape index (κ3) is 4.94. The van der Waals surface area contributed by atoms with Gasteiger partial charge in [-0.2, -0.15) is 0 Å². The van der Waals surface area contributed by atoms with Crippen LogP contribution in [0.25, 0.3) is 0 Å². The standard InChI is InChI=1S/C24H44N4/c1-20(2)25-10-14-28(15-11-25)24-9-8-22(19-24)18-21(3)26-12-16-27(17-13-26)23-6-4-5-7-23/h6,20-22,24H,4-5,7-19H2,1-3H3. The summed E-state index contributed by atoms with van der Waals surface area (Å²) >= 11 is 0. The maximum atomic E-state index is 2.82. The molecule has 160 valence electrons. The van der Waals surface area contributed by atoms with Crippen molar-refractivity contribution in [2.75, 3.05) is 52.4 Å². The fourth-order valence-corrected chi connectivity index (χ4v) is 6.24. The molecule has 0 aromatic heterocycles. The number of hydrogen-bond acceptors (Lipinski definition) is 4. The van der Waals surface area contributed by atoms with Crippen molar-refractivity contribution in [2.45, 2.75) is 83.8 Å². The van der Waals surface area contributed by atoms with Gasteiger partial charge >= 0.3 is 0 Å². The molecule has 0 bridgehead atoms. The van der Waals surface area contributed by atoms with E-state index >= 15 is 0 Å². The molecular weight excluding hydrogens is 344 g/mol. The summed E-state index contributed by atoms with van der Waals surface area (Å²) in [6.07, 6.45) is 12.3. The minimum absolute atomic E-state index is 0.713. The molecule has 3 fully saturated rings. The Balaban J connectivity index is 1.17. The van der Waals surface area contributed by atoms with Gasteiger partial charge in [-0.15, -0.1) is 0 Å². The van der Waals surface area contributed by atoms with Gasteiger partial charge in [0.05, 0.1) is 0 Å². The van der Waals surface area contributed by atoms with Gasteiger partial charge in [0.15, 0.2) is 0 Å². The van der Waals surface area contributed by atoms with Gasteiger partial charge in [-0.05, 0) is 71.6 Å². The monoisotopic (exact) mass is 388 g/mol. The molecule has 28 heavy (non-hydrogen) atoms. The highest BCUT2D eigenvalue weighted by atomic mass is 15.3. The van der Waals surface area contributed by atoms with Gasteiger partial charge in [0, 0.05) is 76.2 Å². The SMILES string of the molecule is CC(C)N1CCN(C2CCC(CC(C)N3CCN(C4=CCCC4)CC3)C2)CC1. The van der Waals surface area contributed by atoms with E-state index in [0.29, 0.717) is 6.04 Å². The lowest BCUT2D eigenvalue weighted by molar-refractivity contribution is 0.0764. The summed E-state index contributed by atoms with van der Waals surface area (Å²) < 4.78 is 0. The second-order valence-corrected chi connectivity index (χ2v) is 10.2. The maximum absolute atomic E-state index is 2.82. The van der Waals surface area contributed by atoms with Crippen molar-refractivity contribution in [2.24, 2.45) is 5.92 Å². The molecule has 3 atom stereocenters. The normalized spacial score (nSPS) is 32.3. The summed E-state index contributed by atoms with van der Waals surface area (Å²) in [5.74, 6) is 0.957. The topological polar surface area (TPSA) is 13.0 Å². The average molecular weight is 389 g/mol. The molecule has 4 rings (SSSR count). The Kier molecular flexibility index (Phi) is 7.01. The Labute approximate surface area is 173 Å². The highest BCUT2D eigenvalue weighted by Crippen LogP contribution is 2.34. The van der Waals surface area contributed by atoms with Gasteiger partial charge in [0.25, 0.3) is 0 Å². The predicted molar refractivity (Wildman–Crippen MR) is 119 cm³/mol. The zero-order chi connectivity index (χ0) is 19.5. The van der Waals surface area contributed by atoms with Crippen LogP contribution in [0.4, 0.5) is 0 Å². The zero-order valence-corrected chi connectivity index (χ0v) is 18.8. The van der Waals surface area contributed by atoms with Crippen LogP contribution in [0.15, 0.2) is 11.8 Å². The quantitative estimate of drug-likeness (QED) is 0.688. The summed E-state index contributed by atoms with van der Waals surface area (Å²) in [7, 11) is 0. The maximum Gasteiger partial charge on any atom is 0.0303 e. The number of nitrogens with zero attached hydrogens (tertiary/aromatic N) is 4. The molecule has 4 heteroatoms. The fraction of sp³-hybridized carbons (Fsp3) is 0.917. The van der Waals surface area contributed by atoms with Crippen LogP contribution < -0.4 is 0 Å². The van der Waals surface area contributed by atoms with Crippen molar-refractivity contribution in [1.29, 1.82) is 0 Å². The van der Waals surface area contributed by atoms with Crippen molar-refractivity contribution in [3.8, 4) is 0 Å². The summed E-state index contributed by atoms with van der Waals surface area (Å²) in [5, 5.41) is 0. The van der Waals surface area contributed by atoms with Crippen LogP contribution in [-0.4, -0.2) is 90.1 Å². The lowest BCUT2D eigenvalue weighted by Gasteiger charge is -2.41. The van der Waals surface area contributed by atoms with Crippen molar-refractivity contribution < 1.29 is 0 Å². The second kappa shape index (κ2) is 9.49. The zero-order valence-electron chi connectivity index (χ0n) is 18.8. The number of rotatable bonds is 6. The molecule has 4 nitrogen and oxygen atoms in total. The summed E-state index contributed by atoms with van der Waals surface area (Å²) in [4.78, 5) is 10.9. The van der Waals surface area contributed by atoms with E-state index in [1.54, 1.807) is 5.70 Å². The Morgan fingerprint density at radius 3 is 2.25 bits per heavy atom. The second-order valence-electron chi connectivity index (χ2n) is 10.2. The van der Waals surface area contributed by atoms with Gasteiger partial charge in [0.2, 0.25) is 0 Å². The Bertz CT molecular complexity index is 515. The molecule has 2 heterocycles. The van der Waals surface area contributed by atoms with Crippen LogP contribution in [0.1, 0.15) is 65.7 Å².